The number of carbonyl (C=O) groups excluding carboxylic acids is 1. The summed E-state index contributed by atoms with van der Waals surface area (Å²) in [6.45, 7) is 0.497. The van der Waals surface area contributed by atoms with Crippen LogP contribution in [0, 0.1) is 5.82 Å². The number of carbonyl (C=O) groups is 2. The zero-order chi connectivity index (χ0) is 15.2. The van der Waals surface area contributed by atoms with Crippen molar-refractivity contribution < 1.29 is 19.1 Å². The standard InChI is InChI=1S/C14H16FN3O3/c15-10-1-2-11-9(8-18-12(11)7-10)3-5-16-14(21)17-6-4-13(19)20/h1-2,7-8,18H,3-6H2,(H,19,20)(H2,16,17,21). The molecule has 0 radical (unpaired) electrons. The minimum absolute atomic E-state index is 0.0908. The molecule has 1 heterocycles. The fourth-order valence-electron chi connectivity index (χ4n) is 2.02. The number of urea groups is 1. The molecule has 1 aromatic heterocycles. The van der Waals surface area contributed by atoms with Gasteiger partial charge in [-0.05, 0) is 30.2 Å². The predicted octanol–water partition coefficient (Wildman–Crippen LogP) is 1.62. The Morgan fingerprint density at radius 3 is 2.76 bits per heavy atom. The summed E-state index contributed by atoms with van der Waals surface area (Å²) in [5.41, 5.74) is 1.70. The van der Waals surface area contributed by atoms with Gasteiger partial charge >= 0.3 is 12.0 Å². The number of hydrogen-bond donors (Lipinski definition) is 4. The number of nitrogens with one attached hydrogen (secondary N) is 3. The molecule has 2 aromatic rings. The molecule has 0 aliphatic carbocycles. The van der Waals surface area contributed by atoms with Gasteiger partial charge < -0.3 is 20.7 Å². The second kappa shape index (κ2) is 6.74. The van der Waals surface area contributed by atoms with Crippen molar-refractivity contribution >= 4 is 22.9 Å². The highest BCUT2D eigenvalue weighted by Gasteiger charge is 2.06. The molecule has 7 heteroatoms. The second-order valence-electron chi connectivity index (χ2n) is 4.58. The van der Waals surface area contributed by atoms with E-state index in [0.717, 1.165) is 16.5 Å². The third-order valence-corrected chi connectivity index (χ3v) is 3.03. The summed E-state index contributed by atoms with van der Waals surface area (Å²) in [4.78, 5) is 24.7. The average Bonchev–Trinajstić information content (AvgIpc) is 2.80. The molecule has 0 saturated carbocycles. The zero-order valence-corrected chi connectivity index (χ0v) is 11.3. The maximum absolute atomic E-state index is 13.1. The van der Waals surface area contributed by atoms with Crippen LogP contribution in [0.4, 0.5) is 9.18 Å². The van der Waals surface area contributed by atoms with Gasteiger partial charge in [-0.1, -0.05) is 0 Å². The first-order valence-corrected chi connectivity index (χ1v) is 6.55. The molecule has 6 nitrogen and oxygen atoms in total. The molecule has 0 fully saturated rings. The number of aliphatic carboxylic acids is 1. The van der Waals surface area contributed by atoms with Gasteiger partial charge in [0.15, 0.2) is 0 Å². The summed E-state index contributed by atoms with van der Waals surface area (Å²) in [7, 11) is 0. The van der Waals surface area contributed by atoms with Gasteiger partial charge in [-0.2, -0.15) is 0 Å². The number of hydrogen-bond acceptors (Lipinski definition) is 2. The minimum atomic E-state index is -0.957. The Morgan fingerprint density at radius 1 is 1.24 bits per heavy atom. The highest BCUT2D eigenvalue weighted by atomic mass is 19.1. The fraction of sp³-hybridized carbons (Fsp3) is 0.286. The summed E-state index contributed by atoms with van der Waals surface area (Å²) in [5.74, 6) is -1.26. The molecule has 2 rings (SSSR count). The molecule has 2 amide bonds. The van der Waals surface area contributed by atoms with Gasteiger partial charge in [-0.25, -0.2) is 9.18 Å². The van der Waals surface area contributed by atoms with Gasteiger partial charge in [0.25, 0.3) is 0 Å². The number of benzene rings is 1. The van der Waals surface area contributed by atoms with Crippen LogP contribution in [0.5, 0.6) is 0 Å². The number of carboxylic acid groups (broad SMARTS) is 1. The van der Waals surface area contributed by atoms with Crippen molar-refractivity contribution in [2.24, 2.45) is 0 Å². The molecular formula is C14H16FN3O3. The van der Waals surface area contributed by atoms with E-state index in [2.05, 4.69) is 15.6 Å². The van der Waals surface area contributed by atoms with Crippen LogP contribution in [0.2, 0.25) is 0 Å². The molecule has 1 aromatic carbocycles. The number of rotatable bonds is 6. The van der Waals surface area contributed by atoms with Crippen LogP contribution >= 0.6 is 0 Å². The van der Waals surface area contributed by atoms with Crippen molar-refractivity contribution in [2.75, 3.05) is 13.1 Å². The van der Waals surface area contributed by atoms with Crippen LogP contribution in [0.3, 0.4) is 0 Å². The number of halogens is 1. The van der Waals surface area contributed by atoms with Gasteiger partial charge in [0, 0.05) is 30.2 Å². The molecule has 21 heavy (non-hydrogen) atoms. The Labute approximate surface area is 120 Å². The van der Waals surface area contributed by atoms with Crippen LogP contribution in [-0.4, -0.2) is 35.2 Å². The molecule has 112 valence electrons. The Morgan fingerprint density at radius 2 is 2.00 bits per heavy atom. The van der Waals surface area contributed by atoms with E-state index in [1.165, 1.54) is 12.1 Å². The number of amides is 2. The summed E-state index contributed by atoms with van der Waals surface area (Å²) in [6.07, 6.45) is 2.27. The molecule has 0 aliphatic heterocycles. The molecule has 0 atom stereocenters. The predicted molar refractivity (Wildman–Crippen MR) is 75.6 cm³/mol. The van der Waals surface area contributed by atoms with E-state index in [1.807, 2.05) is 0 Å². The van der Waals surface area contributed by atoms with Gasteiger partial charge in [-0.3, -0.25) is 4.79 Å². The molecule has 0 aliphatic rings. The van der Waals surface area contributed by atoms with E-state index < -0.39 is 12.0 Å². The number of fused-ring (bicyclic) bond motifs is 1. The third-order valence-electron chi connectivity index (χ3n) is 3.03. The van der Waals surface area contributed by atoms with Crippen molar-refractivity contribution in [3.05, 3.63) is 35.8 Å². The van der Waals surface area contributed by atoms with Crippen LogP contribution < -0.4 is 10.6 Å². The van der Waals surface area contributed by atoms with Crippen LogP contribution in [0.15, 0.2) is 24.4 Å². The molecule has 0 unspecified atom stereocenters. The summed E-state index contributed by atoms with van der Waals surface area (Å²) in [6, 6.07) is 4.11. The van der Waals surface area contributed by atoms with Crippen LogP contribution in [0.1, 0.15) is 12.0 Å². The molecule has 0 bridgehead atoms. The van der Waals surface area contributed by atoms with Crippen LogP contribution in [-0.2, 0) is 11.2 Å². The number of aromatic nitrogens is 1. The fourth-order valence-corrected chi connectivity index (χ4v) is 2.02. The van der Waals surface area contributed by atoms with Crippen molar-refractivity contribution in [3.63, 3.8) is 0 Å². The number of H-pyrrole nitrogens is 1. The topological polar surface area (TPSA) is 94.2 Å². The van der Waals surface area contributed by atoms with Crippen LogP contribution in [0.25, 0.3) is 10.9 Å². The SMILES string of the molecule is O=C(O)CCNC(=O)NCCc1c[nH]c2cc(F)ccc12. The molecular weight excluding hydrogens is 277 g/mol. The first kappa shape index (κ1) is 14.8. The van der Waals surface area contributed by atoms with Crippen molar-refractivity contribution in [2.45, 2.75) is 12.8 Å². The highest BCUT2D eigenvalue weighted by molar-refractivity contribution is 5.83. The third kappa shape index (κ3) is 4.20. The molecule has 4 N–H and O–H groups in total. The second-order valence-corrected chi connectivity index (χ2v) is 4.58. The number of carboxylic acids is 1. The van der Waals surface area contributed by atoms with Crippen molar-refractivity contribution in [1.29, 1.82) is 0 Å². The van der Waals surface area contributed by atoms with Crippen molar-refractivity contribution in [3.8, 4) is 0 Å². The van der Waals surface area contributed by atoms with E-state index in [9.17, 15) is 14.0 Å². The van der Waals surface area contributed by atoms with E-state index in [1.54, 1.807) is 12.3 Å². The van der Waals surface area contributed by atoms with E-state index >= 15 is 0 Å². The Kier molecular flexibility index (Phi) is 4.76. The maximum Gasteiger partial charge on any atom is 0.314 e. The van der Waals surface area contributed by atoms with E-state index in [4.69, 9.17) is 5.11 Å². The Balaban J connectivity index is 1.80. The largest absolute Gasteiger partial charge is 0.481 e. The Bertz CT molecular complexity index is 654. The maximum atomic E-state index is 13.1. The minimum Gasteiger partial charge on any atom is -0.481 e. The van der Waals surface area contributed by atoms with Gasteiger partial charge in [-0.15, -0.1) is 0 Å². The van der Waals surface area contributed by atoms with E-state index in [0.29, 0.717) is 13.0 Å². The number of aromatic amines is 1. The average molecular weight is 293 g/mol. The summed E-state index contributed by atoms with van der Waals surface area (Å²) in [5, 5.41) is 14.5. The zero-order valence-electron chi connectivity index (χ0n) is 11.3. The summed E-state index contributed by atoms with van der Waals surface area (Å²) >= 11 is 0. The summed E-state index contributed by atoms with van der Waals surface area (Å²) < 4.78 is 13.1. The van der Waals surface area contributed by atoms with Gasteiger partial charge in [0.2, 0.25) is 0 Å². The van der Waals surface area contributed by atoms with E-state index in [-0.39, 0.29) is 18.8 Å². The smallest absolute Gasteiger partial charge is 0.314 e. The lowest BCUT2D eigenvalue weighted by atomic mass is 10.1. The molecule has 0 spiro atoms. The lowest BCUT2D eigenvalue weighted by molar-refractivity contribution is -0.136. The first-order valence-electron chi connectivity index (χ1n) is 6.55. The monoisotopic (exact) mass is 293 g/mol. The van der Waals surface area contributed by atoms with Crippen molar-refractivity contribution in [1.82, 2.24) is 15.6 Å². The normalized spacial score (nSPS) is 10.5. The first-order chi connectivity index (χ1) is 10.1. The van der Waals surface area contributed by atoms with Gasteiger partial charge in [0.1, 0.15) is 5.82 Å². The molecule has 0 saturated heterocycles. The lowest BCUT2D eigenvalue weighted by Gasteiger charge is -2.06. The quantitative estimate of drug-likeness (QED) is 0.652. The highest BCUT2D eigenvalue weighted by Crippen LogP contribution is 2.19. The lowest BCUT2D eigenvalue weighted by Crippen LogP contribution is -2.37. The Hall–Kier alpha value is -2.57. The van der Waals surface area contributed by atoms with Gasteiger partial charge in [0.05, 0.1) is 6.42 Å².